The van der Waals surface area contributed by atoms with Gasteiger partial charge in [0.15, 0.2) is 0 Å². The molecule has 0 unspecified atom stereocenters. The van der Waals surface area contributed by atoms with Gasteiger partial charge < -0.3 is 15.6 Å². The lowest BCUT2D eigenvalue weighted by Gasteiger charge is -2.10. The summed E-state index contributed by atoms with van der Waals surface area (Å²) in [5, 5.41) is 10.6. The quantitative estimate of drug-likeness (QED) is 0.336. The highest BCUT2D eigenvalue weighted by molar-refractivity contribution is 6.39. The van der Waals surface area contributed by atoms with Crippen LogP contribution in [0.25, 0.3) is 16.9 Å². The SMILES string of the molecule is Cc1cc(NC(=O)C(=O)NCCc2c[nH]c3ccccc23)n(-c2nc(C(C)C)cc(=O)[nH]2)n1. The van der Waals surface area contributed by atoms with E-state index in [1.807, 2.05) is 44.3 Å². The number of benzene rings is 1. The number of hydrogen-bond donors (Lipinski definition) is 4. The van der Waals surface area contributed by atoms with E-state index in [9.17, 15) is 14.4 Å². The van der Waals surface area contributed by atoms with Crippen LogP contribution in [0.5, 0.6) is 0 Å². The maximum Gasteiger partial charge on any atom is 0.314 e. The second-order valence-electron chi connectivity index (χ2n) is 8.05. The number of nitrogens with one attached hydrogen (secondary N) is 4. The third kappa shape index (κ3) is 4.84. The second kappa shape index (κ2) is 9.11. The Kier molecular flexibility index (Phi) is 6.07. The molecular weight excluding hydrogens is 422 g/mol. The molecule has 0 aliphatic heterocycles. The molecule has 4 rings (SSSR count). The first-order chi connectivity index (χ1) is 15.8. The number of fused-ring (bicyclic) bond motifs is 1. The fraction of sp³-hybridized carbons (Fsp3) is 0.261. The standard InChI is InChI=1S/C23H25N7O3/c1-13(2)18-11-20(31)28-23(26-18)30-19(10-14(3)29-30)27-22(33)21(32)24-9-8-15-12-25-17-7-5-4-6-16(15)17/h4-7,10-13,25H,8-9H2,1-3H3,(H,24,32)(H,27,33)(H,26,28,31). The molecular formula is C23H25N7O3. The summed E-state index contributed by atoms with van der Waals surface area (Å²) in [6.07, 6.45) is 2.48. The predicted molar refractivity (Wildman–Crippen MR) is 124 cm³/mol. The Morgan fingerprint density at radius 1 is 1.15 bits per heavy atom. The molecule has 10 heteroatoms. The number of carbonyl (C=O) groups is 2. The molecule has 0 bridgehead atoms. The minimum Gasteiger partial charge on any atom is -0.361 e. The van der Waals surface area contributed by atoms with Crippen LogP contribution in [-0.2, 0) is 16.0 Å². The number of anilines is 1. The number of nitrogens with zero attached hydrogens (tertiary/aromatic N) is 3. The summed E-state index contributed by atoms with van der Waals surface area (Å²) >= 11 is 0. The first-order valence-corrected chi connectivity index (χ1v) is 10.6. The molecule has 1 aromatic carbocycles. The van der Waals surface area contributed by atoms with E-state index >= 15 is 0 Å². The molecule has 0 spiro atoms. The molecule has 0 saturated heterocycles. The highest BCUT2D eigenvalue weighted by Gasteiger charge is 2.19. The Bertz CT molecular complexity index is 1380. The number of rotatable bonds is 6. The van der Waals surface area contributed by atoms with Crippen LogP contribution in [-0.4, -0.2) is 43.1 Å². The molecule has 3 heterocycles. The topological polar surface area (TPSA) is 138 Å². The van der Waals surface area contributed by atoms with Gasteiger partial charge in [-0.25, -0.2) is 4.98 Å². The van der Waals surface area contributed by atoms with E-state index in [4.69, 9.17) is 0 Å². The molecule has 10 nitrogen and oxygen atoms in total. The third-order valence-electron chi connectivity index (χ3n) is 5.18. The Morgan fingerprint density at radius 2 is 1.94 bits per heavy atom. The number of hydrogen-bond acceptors (Lipinski definition) is 5. The van der Waals surface area contributed by atoms with Crippen LogP contribution in [0.4, 0.5) is 5.82 Å². The zero-order valence-electron chi connectivity index (χ0n) is 18.6. The van der Waals surface area contributed by atoms with Crippen LogP contribution in [0.2, 0.25) is 0 Å². The lowest BCUT2D eigenvalue weighted by atomic mass is 10.1. The van der Waals surface area contributed by atoms with Gasteiger partial charge in [0.2, 0.25) is 5.95 Å². The van der Waals surface area contributed by atoms with Gasteiger partial charge in [-0.15, -0.1) is 0 Å². The number of aromatic amines is 2. The second-order valence-corrected chi connectivity index (χ2v) is 8.05. The number of H-pyrrole nitrogens is 2. The summed E-state index contributed by atoms with van der Waals surface area (Å²) in [6.45, 7) is 5.88. The van der Waals surface area contributed by atoms with Crippen molar-refractivity contribution in [3.8, 4) is 5.95 Å². The Labute approximate surface area is 189 Å². The van der Waals surface area contributed by atoms with Gasteiger partial charge in [-0.2, -0.15) is 9.78 Å². The normalized spacial score (nSPS) is 11.2. The van der Waals surface area contributed by atoms with E-state index in [2.05, 4.69) is 30.7 Å². The van der Waals surface area contributed by atoms with Gasteiger partial charge in [0.05, 0.1) is 11.4 Å². The average molecular weight is 447 g/mol. The monoisotopic (exact) mass is 447 g/mol. The summed E-state index contributed by atoms with van der Waals surface area (Å²) in [7, 11) is 0. The molecule has 0 atom stereocenters. The van der Waals surface area contributed by atoms with E-state index in [0.29, 0.717) is 24.4 Å². The van der Waals surface area contributed by atoms with Crippen LogP contribution in [0.15, 0.2) is 47.4 Å². The molecule has 0 aliphatic carbocycles. The van der Waals surface area contributed by atoms with E-state index in [-0.39, 0.29) is 23.2 Å². The summed E-state index contributed by atoms with van der Waals surface area (Å²) in [5.41, 5.74) is 2.93. The van der Waals surface area contributed by atoms with E-state index in [1.54, 1.807) is 13.0 Å². The van der Waals surface area contributed by atoms with Crippen molar-refractivity contribution in [1.29, 1.82) is 0 Å². The first kappa shape index (κ1) is 22.0. The number of carbonyl (C=O) groups excluding carboxylic acids is 2. The van der Waals surface area contributed by atoms with Crippen molar-refractivity contribution in [3.05, 3.63) is 69.9 Å². The number of amides is 2. The Balaban J connectivity index is 1.43. The fourth-order valence-corrected chi connectivity index (χ4v) is 3.51. The molecule has 0 fully saturated rings. The van der Waals surface area contributed by atoms with Crippen molar-refractivity contribution in [2.45, 2.75) is 33.1 Å². The number of aromatic nitrogens is 5. The Morgan fingerprint density at radius 3 is 2.73 bits per heavy atom. The highest BCUT2D eigenvalue weighted by atomic mass is 16.2. The smallest absolute Gasteiger partial charge is 0.314 e. The van der Waals surface area contributed by atoms with Crippen LogP contribution in [0.3, 0.4) is 0 Å². The maximum atomic E-state index is 12.5. The van der Waals surface area contributed by atoms with Crippen molar-refractivity contribution < 1.29 is 9.59 Å². The lowest BCUT2D eigenvalue weighted by Crippen LogP contribution is -2.37. The van der Waals surface area contributed by atoms with Crippen molar-refractivity contribution in [3.63, 3.8) is 0 Å². The summed E-state index contributed by atoms with van der Waals surface area (Å²) in [5.74, 6) is -1.18. The summed E-state index contributed by atoms with van der Waals surface area (Å²) in [4.78, 5) is 47.1. The van der Waals surface area contributed by atoms with Gasteiger partial charge in [0, 0.05) is 35.8 Å². The Hall–Kier alpha value is -4.21. The van der Waals surface area contributed by atoms with E-state index in [0.717, 1.165) is 16.5 Å². The van der Waals surface area contributed by atoms with Crippen LogP contribution >= 0.6 is 0 Å². The first-order valence-electron chi connectivity index (χ1n) is 10.6. The highest BCUT2D eigenvalue weighted by Crippen LogP contribution is 2.18. The fourth-order valence-electron chi connectivity index (χ4n) is 3.51. The molecule has 4 N–H and O–H groups in total. The van der Waals surface area contributed by atoms with Gasteiger partial charge in [0.25, 0.3) is 5.56 Å². The van der Waals surface area contributed by atoms with Crippen molar-refractivity contribution >= 4 is 28.5 Å². The largest absolute Gasteiger partial charge is 0.361 e. The molecule has 2 amide bonds. The number of para-hydroxylation sites is 1. The summed E-state index contributed by atoms with van der Waals surface area (Å²) < 4.78 is 1.31. The van der Waals surface area contributed by atoms with Crippen molar-refractivity contribution in [2.75, 3.05) is 11.9 Å². The zero-order valence-corrected chi connectivity index (χ0v) is 18.6. The van der Waals surface area contributed by atoms with Crippen molar-refractivity contribution in [2.24, 2.45) is 0 Å². The molecule has 0 radical (unpaired) electrons. The van der Waals surface area contributed by atoms with E-state index in [1.165, 1.54) is 10.7 Å². The summed E-state index contributed by atoms with van der Waals surface area (Å²) in [6, 6.07) is 10.9. The van der Waals surface area contributed by atoms with Crippen molar-refractivity contribution in [1.82, 2.24) is 30.0 Å². The molecule has 3 aromatic heterocycles. The predicted octanol–water partition coefficient (Wildman–Crippen LogP) is 2.17. The van der Waals surface area contributed by atoms with E-state index < -0.39 is 11.8 Å². The molecule has 0 aliphatic rings. The molecule has 33 heavy (non-hydrogen) atoms. The van der Waals surface area contributed by atoms with Crippen LogP contribution < -0.4 is 16.2 Å². The maximum absolute atomic E-state index is 12.5. The minimum absolute atomic E-state index is 0.0312. The molecule has 4 aromatic rings. The van der Waals surface area contributed by atoms with Gasteiger partial charge >= 0.3 is 11.8 Å². The minimum atomic E-state index is -0.836. The third-order valence-corrected chi connectivity index (χ3v) is 5.18. The lowest BCUT2D eigenvalue weighted by molar-refractivity contribution is -0.136. The molecule has 170 valence electrons. The number of aryl methyl sites for hydroxylation is 1. The van der Waals surface area contributed by atoms with Gasteiger partial charge in [0.1, 0.15) is 5.82 Å². The van der Waals surface area contributed by atoms with Gasteiger partial charge in [-0.05, 0) is 30.9 Å². The zero-order chi connectivity index (χ0) is 23.5. The van der Waals surface area contributed by atoms with Crippen LogP contribution in [0.1, 0.15) is 36.7 Å². The molecule has 0 saturated carbocycles. The van der Waals surface area contributed by atoms with Gasteiger partial charge in [-0.1, -0.05) is 32.0 Å². The average Bonchev–Trinajstić information content (AvgIpc) is 3.36. The van der Waals surface area contributed by atoms with Gasteiger partial charge in [-0.3, -0.25) is 19.4 Å². The van der Waals surface area contributed by atoms with Crippen LogP contribution in [0, 0.1) is 6.92 Å².